The summed E-state index contributed by atoms with van der Waals surface area (Å²) in [4.78, 5) is 40.0. The first-order valence-corrected chi connectivity index (χ1v) is 11.7. The maximum absolute atomic E-state index is 13.7. The van der Waals surface area contributed by atoms with Gasteiger partial charge in [0.2, 0.25) is 5.91 Å². The smallest absolute Gasteiger partial charge is 0.334 e. The Morgan fingerprint density at radius 3 is 2.85 bits per heavy atom. The number of hydrogen-bond acceptors (Lipinski definition) is 5. The maximum Gasteiger partial charge on any atom is 0.334 e. The zero-order chi connectivity index (χ0) is 23.2. The van der Waals surface area contributed by atoms with E-state index in [1.54, 1.807) is 27.3 Å². The molecule has 0 spiro atoms. The summed E-state index contributed by atoms with van der Waals surface area (Å²) in [6.07, 6.45) is 11.6. The number of carbonyl (C=O) groups excluding carboxylic acids is 1. The molecule has 1 fully saturated rings. The molecular weight excluding hydrogens is 432 g/mol. The van der Waals surface area contributed by atoms with Crippen LogP contribution >= 0.6 is 0 Å². The van der Waals surface area contributed by atoms with Gasteiger partial charge in [0.05, 0.1) is 24.7 Å². The van der Waals surface area contributed by atoms with Gasteiger partial charge in [0, 0.05) is 47.8 Å². The number of H-pyrrole nitrogens is 1. The number of carbonyl (C=O) groups is 1. The minimum Gasteiger partial charge on any atom is -0.369 e. The highest BCUT2D eigenvalue weighted by atomic mass is 16.5. The van der Waals surface area contributed by atoms with Crippen LogP contribution in [0, 0.1) is 0 Å². The third-order valence-electron chi connectivity index (χ3n) is 6.93. The summed E-state index contributed by atoms with van der Waals surface area (Å²) in [6, 6.07) is 5.83. The molecule has 1 saturated heterocycles. The molecule has 1 N–H and O–H groups in total. The summed E-state index contributed by atoms with van der Waals surface area (Å²) < 4.78 is 8.98. The number of fused-ring (bicyclic) bond motifs is 2. The van der Waals surface area contributed by atoms with Crippen LogP contribution < -0.4 is 5.69 Å². The van der Waals surface area contributed by atoms with Gasteiger partial charge in [-0.1, -0.05) is 6.08 Å². The molecule has 1 atom stereocenters. The molecule has 0 saturated carbocycles. The zero-order valence-corrected chi connectivity index (χ0v) is 19.0. The molecule has 5 heterocycles. The lowest BCUT2D eigenvalue weighted by atomic mass is 10.0. The number of hydrogen-bond donors (Lipinski definition) is 1. The molecule has 0 bridgehead atoms. The van der Waals surface area contributed by atoms with Crippen molar-refractivity contribution in [2.45, 2.75) is 38.3 Å². The molecule has 9 nitrogen and oxygen atoms in total. The van der Waals surface area contributed by atoms with Gasteiger partial charge in [0.25, 0.3) is 0 Å². The van der Waals surface area contributed by atoms with E-state index in [0.29, 0.717) is 18.8 Å². The standard InChI is InChI=1S/C25H26N6O3/c1-29-20(14-34-15-22(29)32)13-30-21-10-18(17-9-16-7-8-26-23(16)27-11-17)12-28-24(21)31(25(30)33)19-5-3-2-4-6-19/h5,7-12,20H,2-4,6,13-15H2,1H3,(H,26,27)/t20-/m0/s1. The second kappa shape index (κ2) is 8.25. The number of imidazole rings is 1. The van der Waals surface area contributed by atoms with Gasteiger partial charge < -0.3 is 14.6 Å². The minimum absolute atomic E-state index is 0.0762. The molecule has 0 unspecified atom stereocenters. The molecule has 0 radical (unpaired) electrons. The first-order chi connectivity index (χ1) is 16.6. The molecule has 34 heavy (non-hydrogen) atoms. The highest BCUT2D eigenvalue weighted by Crippen LogP contribution is 2.28. The van der Waals surface area contributed by atoms with Crippen molar-refractivity contribution in [3.05, 3.63) is 53.3 Å². The number of likely N-dealkylation sites (N-methyl/N-ethyl adjacent to an activating group) is 1. The maximum atomic E-state index is 13.7. The van der Waals surface area contributed by atoms with E-state index in [0.717, 1.165) is 59.1 Å². The number of nitrogens with zero attached hydrogens (tertiary/aromatic N) is 5. The Labute approximate surface area is 195 Å². The Morgan fingerprint density at radius 1 is 1.15 bits per heavy atom. The van der Waals surface area contributed by atoms with Gasteiger partial charge in [-0.25, -0.2) is 19.3 Å². The van der Waals surface area contributed by atoms with E-state index in [4.69, 9.17) is 9.72 Å². The van der Waals surface area contributed by atoms with E-state index in [1.165, 1.54) is 0 Å². The molecule has 4 aromatic rings. The molecule has 1 aliphatic carbocycles. The average Bonchev–Trinajstić information content (AvgIpc) is 3.44. The molecule has 1 amide bonds. The van der Waals surface area contributed by atoms with Crippen molar-refractivity contribution < 1.29 is 9.53 Å². The third kappa shape index (κ3) is 3.43. The number of aromatic nitrogens is 5. The van der Waals surface area contributed by atoms with Crippen LogP contribution in [0.5, 0.6) is 0 Å². The van der Waals surface area contributed by atoms with E-state index in [-0.39, 0.29) is 24.2 Å². The average molecular weight is 459 g/mol. The second-order valence-electron chi connectivity index (χ2n) is 9.05. The molecule has 9 heteroatoms. The van der Waals surface area contributed by atoms with Crippen LogP contribution in [-0.2, 0) is 16.1 Å². The highest BCUT2D eigenvalue weighted by molar-refractivity contribution is 5.85. The highest BCUT2D eigenvalue weighted by Gasteiger charge is 2.28. The number of amides is 1. The predicted octanol–water partition coefficient (Wildman–Crippen LogP) is 3.01. The fraction of sp³-hybridized carbons (Fsp3) is 0.360. The molecule has 174 valence electrons. The normalized spacial score (nSPS) is 19.2. The first-order valence-electron chi connectivity index (χ1n) is 11.7. The quantitative estimate of drug-likeness (QED) is 0.507. The van der Waals surface area contributed by atoms with Crippen LogP contribution in [0.3, 0.4) is 0 Å². The number of morpholine rings is 1. The van der Waals surface area contributed by atoms with Gasteiger partial charge in [0.1, 0.15) is 12.3 Å². The van der Waals surface area contributed by atoms with Crippen molar-refractivity contribution in [2.24, 2.45) is 0 Å². The van der Waals surface area contributed by atoms with Gasteiger partial charge >= 0.3 is 5.69 Å². The Hall–Kier alpha value is -3.72. The van der Waals surface area contributed by atoms with Crippen molar-refractivity contribution in [3.63, 3.8) is 0 Å². The first kappa shape index (κ1) is 20.9. The van der Waals surface area contributed by atoms with Crippen molar-refractivity contribution in [1.82, 2.24) is 29.0 Å². The lowest BCUT2D eigenvalue weighted by Crippen LogP contribution is -2.49. The summed E-state index contributed by atoms with van der Waals surface area (Å²) >= 11 is 0. The summed E-state index contributed by atoms with van der Waals surface area (Å²) in [5.74, 6) is -0.0762. The van der Waals surface area contributed by atoms with Crippen LogP contribution in [0.15, 0.2) is 47.7 Å². The van der Waals surface area contributed by atoms with Crippen LogP contribution in [-0.4, -0.2) is 61.2 Å². The number of aromatic amines is 1. The van der Waals surface area contributed by atoms with Crippen LogP contribution in [0.1, 0.15) is 25.7 Å². The molecule has 1 aliphatic heterocycles. The predicted molar refractivity (Wildman–Crippen MR) is 129 cm³/mol. The largest absolute Gasteiger partial charge is 0.369 e. The monoisotopic (exact) mass is 458 g/mol. The Kier molecular flexibility index (Phi) is 5.06. The van der Waals surface area contributed by atoms with E-state index in [2.05, 4.69) is 22.1 Å². The summed E-state index contributed by atoms with van der Waals surface area (Å²) in [5, 5.41) is 1.01. The second-order valence-corrected chi connectivity index (χ2v) is 9.05. The van der Waals surface area contributed by atoms with E-state index >= 15 is 0 Å². The van der Waals surface area contributed by atoms with Crippen LogP contribution in [0.2, 0.25) is 0 Å². The van der Waals surface area contributed by atoms with Crippen LogP contribution in [0.4, 0.5) is 0 Å². The number of rotatable bonds is 4. The SMILES string of the molecule is CN1C(=O)COC[C@@H]1Cn1c(=O)n(C2=CCCCC2)c2ncc(-c3cnc4[nH]ccc4c3)cc21. The Bertz CT molecular complexity index is 1490. The Morgan fingerprint density at radius 2 is 2.00 bits per heavy atom. The van der Waals surface area contributed by atoms with Gasteiger partial charge in [-0.15, -0.1) is 0 Å². The Balaban J connectivity index is 1.50. The summed E-state index contributed by atoms with van der Waals surface area (Å²) in [5.41, 5.74) is 4.90. The topological polar surface area (TPSA) is 98.0 Å². The summed E-state index contributed by atoms with van der Waals surface area (Å²) in [7, 11) is 1.77. The zero-order valence-electron chi connectivity index (χ0n) is 19.0. The molecule has 0 aromatic carbocycles. The van der Waals surface area contributed by atoms with Crippen LogP contribution in [0.25, 0.3) is 39.0 Å². The lowest BCUT2D eigenvalue weighted by Gasteiger charge is -2.32. The molecule has 2 aliphatic rings. The fourth-order valence-corrected chi connectivity index (χ4v) is 4.93. The van der Waals surface area contributed by atoms with Crippen molar-refractivity contribution in [1.29, 1.82) is 0 Å². The minimum atomic E-state index is -0.222. The van der Waals surface area contributed by atoms with Gasteiger partial charge in [-0.2, -0.15) is 0 Å². The summed E-state index contributed by atoms with van der Waals surface area (Å²) in [6.45, 7) is 0.820. The van der Waals surface area contributed by atoms with Crippen molar-refractivity contribution >= 4 is 33.8 Å². The van der Waals surface area contributed by atoms with Gasteiger partial charge in [0.15, 0.2) is 5.65 Å². The van der Waals surface area contributed by atoms with Crippen molar-refractivity contribution in [2.75, 3.05) is 20.3 Å². The molecular formula is C25H26N6O3. The fourth-order valence-electron chi connectivity index (χ4n) is 4.93. The van der Waals surface area contributed by atoms with Gasteiger partial charge in [-0.3, -0.25) is 9.36 Å². The molecule has 6 rings (SSSR count). The van der Waals surface area contributed by atoms with Crippen molar-refractivity contribution in [3.8, 4) is 11.1 Å². The van der Waals surface area contributed by atoms with E-state index < -0.39 is 0 Å². The lowest BCUT2D eigenvalue weighted by molar-refractivity contribution is -0.146. The van der Waals surface area contributed by atoms with E-state index in [1.807, 2.05) is 24.5 Å². The van der Waals surface area contributed by atoms with E-state index in [9.17, 15) is 9.59 Å². The van der Waals surface area contributed by atoms with Gasteiger partial charge in [-0.05, 0) is 43.9 Å². The third-order valence-corrected chi connectivity index (χ3v) is 6.93. The molecule has 4 aromatic heterocycles. The number of ether oxygens (including phenoxy) is 1. The number of pyridine rings is 2. The number of allylic oxidation sites excluding steroid dienone is 2. The number of nitrogens with one attached hydrogen (secondary N) is 1.